The quantitative estimate of drug-likeness (QED) is 0.281. The van der Waals surface area contributed by atoms with Gasteiger partial charge in [-0.05, 0) is 51.4 Å². The van der Waals surface area contributed by atoms with Gasteiger partial charge in [-0.1, -0.05) is 30.3 Å². The summed E-state index contributed by atoms with van der Waals surface area (Å²) in [4.78, 5) is 51.2. The van der Waals surface area contributed by atoms with Crippen molar-refractivity contribution in [2.45, 2.75) is 25.6 Å². The van der Waals surface area contributed by atoms with Crippen LogP contribution in [0.4, 0.5) is 24.8 Å². The number of hydrogen-bond acceptors (Lipinski definition) is 8. The Hall–Kier alpha value is -5.44. The van der Waals surface area contributed by atoms with Gasteiger partial charge in [-0.2, -0.15) is 18.3 Å². The molecule has 0 fully saturated rings. The molecule has 3 aromatic heterocycles. The number of para-hydroxylation sites is 1. The van der Waals surface area contributed by atoms with Gasteiger partial charge in [-0.25, -0.2) is 19.6 Å². The molecular weight excluding hydrogens is 603 g/mol. The van der Waals surface area contributed by atoms with Crippen LogP contribution in [-0.2, 0) is 22.2 Å². The first-order valence-electron chi connectivity index (χ1n) is 14.2. The lowest BCUT2D eigenvalue weighted by Crippen LogP contribution is -2.53. The van der Waals surface area contributed by atoms with Gasteiger partial charge in [-0.3, -0.25) is 19.3 Å². The van der Waals surface area contributed by atoms with Crippen LogP contribution in [0.15, 0.2) is 85.3 Å². The van der Waals surface area contributed by atoms with E-state index in [1.165, 1.54) is 11.0 Å². The number of pyridine rings is 1. The number of carbonyl (C=O) groups excluding carboxylic acids is 3. The lowest BCUT2D eigenvalue weighted by atomic mass is 10.0. The Balaban J connectivity index is 0.000000270. The fourth-order valence-corrected chi connectivity index (χ4v) is 4.41. The van der Waals surface area contributed by atoms with E-state index in [9.17, 15) is 27.6 Å². The summed E-state index contributed by atoms with van der Waals surface area (Å²) >= 11 is 0. The Morgan fingerprint density at radius 3 is 2.43 bits per heavy atom. The zero-order valence-corrected chi connectivity index (χ0v) is 25.3. The van der Waals surface area contributed by atoms with E-state index in [4.69, 9.17) is 0 Å². The molecule has 1 unspecified atom stereocenters. The molecule has 3 amide bonds. The summed E-state index contributed by atoms with van der Waals surface area (Å²) < 4.78 is 40.2. The molecule has 4 aromatic rings. The van der Waals surface area contributed by atoms with Gasteiger partial charge in [0.25, 0.3) is 11.8 Å². The van der Waals surface area contributed by atoms with E-state index in [0.29, 0.717) is 24.2 Å². The van der Waals surface area contributed by atoms with Gasteiger partial charge in [0.05, 0.1) is 11.9 Å². The third-order valence-electron chi connectivity index (χ3n) is 6.49. The summed E-state index contributed by atoms with van der Waals surface area (Å²) in [5.41, 5.74) is 0.264. The number of halogens is 3. The van der Waals surface area contributed by atoms with Crippen molar-refractivity contribution in [1.29, 1.82) is 0 Å². The van der Waals surface area contributed by atoms with Crippen molar-refractivity contribution >= 4 is 29.4 Å². The van der Waals surface area contributed by atoms with Crippen molar-refractivity contribution in [1.82, 2.24) is 34.9 Å². The maximum absolute atomic E-state index is 13.0. The molecule has 0 aliphatic carbocycles. The second-order valence-electron chi connectivity index (χ2n) is 10.2. The molecule has 4 heterocycles. The molecular formula is C31H32F3N9O3. The van der Waals surface area contributed by atoms with Crippen LogP contribution in [0, 0.1) is 0 Å². The predicted octanol–water partition coefficient (Wildman–Crippen LogP) is 3.53. The molecule has 1 aliphatic heterocycles. The van der Waals surface area contributed by atoms with Crippen LogP contribution in [0.25, 0.3) is 5.69 Å². The number of amides is 3. The largest absolute Gasteiger partial charge is 0.433 e. The Bertz CT molecular complexity index is 1680. The van der Waals surface area contributed by atoms with Crippen LogP contribution in [0.3, 0.4) is 0 Å². The van der Waals surface area contributed by atoms with Gasteiger partial charge in [0, 0.05) is 43.5 Å². The van der Waals surface area contributed by atoms with Crippen LogP contribution >= 0.6 is 0 Å². The second-order valence-corrected chi connectivity index (χ2v) is 10.2. The van der Waals surface area contributed by atoms with E-state index in [-0.39, 0.29) is 12.3 Å². The minimum absolute atomic E-state index is 0.141. The van der Waals surface area contributed by atoms with E-state index >= 15 is 0 Å². The SMILES string of the molecule is CCN1C(=O)C(NC(=O)c2nccc(C(F)(F)F)n2)Cc2cnn(-c3ccccc3)c21.CN(C)C/C=C/C(=O)Nc1ccccn1. The topological polar surface area (TPSA) is 138 Å². The van der Waals surface area contributed by atoms with Gasteiger partial charge >= 0.3 is 6.18 Å². The first-order chi connectivity index (χ1) is 22.0. The Kier molecular flexibility index (Phi) is 10.9. The molecule has 46 heavy (non-hydrogen) atoms. The average molecular weight is 636 g/mol. The minimum Gasteiger partial charge on any atom is -0.337 e. The van der Waals surface area contributed by atoms with Gasteiger partial charge in [0.1, 0.15) is 23.4 Å². The van der Waals surface area contributed by atoms with Crippen molar-refractivity contribution in [3.63, 3.8) is 0 Å². The molecule has 15 heteroatoms. The second kappa shape index (κ2) is 15.0. The summed E-state index contributed by atoms with van der Waals surface area (Å²) in [6.45, 7) is 2.84. The molecule has 0 spiro atoms. The standard InChI is InChI=1S/C20H17F3N6O2.C11H15N3O/c1-2-28-18-12(11-25-29(18)13-6-4-3-5-7-13)10-14(19(28)31)26-17(30)16-24-9-8-15(27-16)20(21,22)23;1-14(2)9-5-7-11(15)13-10-6-3-4-8-12-10/h3-9,11,14H,2,10H2,1H3,(H,26,30);3-8H,9H2,1-2H3,(H,12,13,15)/b;7-5+. The zero-order chi connectivity index (χ0) is 33.3. The lowest BCUT2D eigenvalue weighted by Gasteiger charge is -2.32. The fraction of sp³-hybridized carbons (Fsp3) is 0.258. The molecule has 1 atom stereocenters. The van der Waals surface area contributed by atoms with Crippen molar-refractivity contribution in [3.8, 4) is 5.69 Å². The predicted molar refractivity (Wildman–Crippen MR) is 164 cm³/mol. The molecule has 0 saturated carbocycles. The summed E-state index contributed by atoms with van der Waals surface area (Å²) in [6.07, 6.45) is 2.85. The summed E-state index contributed by atoms with van der Waals surface area (Å²) in [5.74, 6) is -1.00. The summed E-state index contributed by atoms with van der Waals surface area (Å²) in [5, 5.41) is 9.49. The van der Waals surface area contributed by atoms with E-state index < -0.39 is 35.6 Å². The van der Waals surface area contributed by atoms with E-state index in [1.54, 1.807) is 42.2 Å². The maximum atomic E-state index is 13.0. The molecule has 12 nitrogen and oxygen atoms in total. The molecule has 0 bridgehead atoms. The highest BCUT2D eigenvalue weighted by molar-refractivity contribution is 6.03. The van der Waals surface area contributed by atoms with Gasteiger partial charge in [0.15, 0.2) is 0 Å². The smallest absolute Gasteiger partial charge is 0.337 e. The van der Waals surface area contributed by atoms with Crippen molar-refractivity contribution in [2.24, 2.45) is 0 Å². The average Bonchev–Trinajstić information content (AvgIpc) is 3.45. The van der Waals surface area contributed by atoms with E-state index in [2.05, 4.69) is 30.7 Å². The Labute approximate surface area is 263 Å². The first kappa shape index (κ1) is 33.5. The number of alkyl halides is 3. The lowest BCUT2D eigenvalue weighted by molar-refractivity contribution is -0.141. The van der Waals surface area contributed by atoms with Gasteiger partial charge in [-0.15, -0.1) is 0 Å². The number of carbonyl (C=O) groups is 3. The fourth-order valence-electron chi connectivity index (χ4n) is 4.41. The molecule has 1 aromatic carbocycles. The van der Waals surface area contributed by atoms with Crippen molar-refractivity contribution < 1.29 is 27.6 Å². The number of hydrogen-bond donors (Lipinski definition) is 2. The molecule has 240 valence electrons. The Morgan fingerprint density at radius 1 is 1.04 bits per heavy atom. The normalized spacial score (nSPS) is 14.5. The number of aromatic nitrogens is 5. The molecule has 1 aliphatic rings. The highest BCUT2D eigenvalue weighted by Crippen LogP contribution is 2.30. The van der Waals surface area contributed by atoms with Crippen LogP contribution in [0.5, 0.6) is 0 Å². The van der Waals surface area contributed by atoms with Gasteiger partial charge < -0.3 is 15.5 Å². The molecule has 0 radical (unpaired) electrons. The third kappa shape index (κ3) is 8.59. The molecule has 2 N–H and O–H groups in total. The minimum atomic E-state index is -4.71. The first-order valence-corrected chi connectivity index (χ1v) is 14.2. The van der Waals surface area contributed by atoms with Crippen LogP contribution in [-0.4, -0.2) is 80.6 Å². The number of anilines is 2. The highest BCUT2D eigenvalue weighted by atomic mass is 19.4. The van der Waals surface area contributed by atoms with Crippen LogP contribution < -0.4 is 15.5 Å². The van der Waals surface area contributed by atoms with Crippen molar-refractivity contribution in [3.05, 3.63) is 102 Å². The van der Waals surface area contributed by atoms with E-state index in [0.717, 1.165) is 24.0 Å². The summed E-state index contributed by atoms with van der Waals surface area (Å²) in [7, 11) is 3.89. The monoisotopic (exact) mass is 635 g/mol. The molecule has 5 rings (SSSR count). The van der Waals surface area contributed by atoms with Crippen LogP contribution in [0.2, 0.25) is 0 Å². The van der Waals surface area contributed by atoms with Crippen molar-refractivity contribution in [2.75, 3.05) is 37.4 Å². The number of likely N-dealkylation sites (N-methyl/N-ethyl adjacent to an activating group) is 2. The van der Waals surface area contributed by atoms with Gasteiger partial charge in [0.2, 0.25) is 11.7 Å². The van der Waals surface area contributed by atoms with Crippen LogP contribution in [0.1, 0.15) is 28.8 Å². The number of nitrogens with one attached hydrogen (secondary N) is 2. The Morgan fingerprint density at radius 2 is 1.78 bits per heavy atom. The number of nitrogens with zero attached hydrogens (tertiary/aromatic N) is 7. The van der Waals surface area contributed by atoms with E-state index in [1.807, 2.05) is 55.4 Å². The maximum Gasteiger partial charge on any atom is 0.433 e. The number of fused-ring (bicyclic) bond motifs is 1. The number of benzene rings is 1. The zero-order valence-electron chi connectivity index (χ0n) is 25.3. The highest BCUT2D eigenvalue weighted by Gasteiger charge is 2.37. The number of rotatable bonds is 8. The summed E-state index contributed by atoms with van der Waals surface area (Å²) in [6, 6.07) is 14.3. The molecule has 0 saturated heterocycles. The third-order valence-corrected chi connectivity index (χ3v) is 6.49.